The van der Waals surface area contributed by atoms with Crippen molar-refractivity contribution >= 4 is 15.5 Å². The number of rotatable bonds is 8. The molecule has 0 aliphatic heterocycles. The summed E-state index contributed by atoms with van der Waals surface area (Å²) in [5.41, 5.74) is 0.717. The average molecular weight is 284 g/mol. The molecule has 19 heavy (non-hydrogen) atoms. The van der Waals surface area contributed by atoms with Crippen LogP contribution in [-0.2, 0) is 9.84 Å². The molecule has 0 heterocycles. The van der Waals surface area contributed by atoms with Gasteiger partial charge in [0.25, 0.3) is 0 Å². The van der Waals surface area contributed by atoms with Gasteiger partial charge in [-0.15, -0.1) is 0 Å². The van der Waals surface area contributed by atoms with Crippen molar-refractivity contribution in [2.75, 3.05) is 38.3 Å². The minimum atomic E-state index is -3.17. The van der Waals surface area contributed by atoms with Gasteiger partial charge in [-0.3, -0.25) is 0 Å². The Morgan fingerprint density at radius 3 is 2.53 bits per heavy atom. The van der Waals surface area contributed by atoms with Crippen molar-refractivity contribution in [3.63, 3.8) is 0 Å². The summed E-state index contributed by atoms with van der Waals surface area (Å²) < 4.78 is 24.3. The highest BCUT2D eigenvalue weighted by molar-refractivity contribution is 7.91. The molecule has 0 aliphatic carbocycles. The normalized spacial score (nSPS) is 11.8. The summed E-state index contributed by atoms with van der Waals surface area (Å²) in [7, 11) is 0.887. The van der Waals surface area contributed by atoms with Gasteiger partial charge in [-0.1, -0.05) is 19.1 Å². The number of para-hydroxylation sites is 1. The summed E-state index contributed by atoms with van der Waals surface area (Å²) >= 11 is 0. The zero-order valence-corrected chi connectivity index (χ0v) is 12.8. The lowest BCUT2D eigenvalue weighted by atomic mass is 10.3. The highest BCUT2D eigenvalue weighted by Gasteiger charge is 2.16. The standard InChI is InChI=1S/C14H24N2O2S/c1-4-12-19(17,18)14-9-6-5-8-13(14)15-10-7-11-16(2)3/h5-6,8-9,15H,4,7,10-12H2,1-3H3. The Kier molecular flexibility index (Phi) is 6.31. The molecule has 0 aromatic heterocycles. The van der Waals surface area contributed by atoms with Crippen LogP contribution >= 0.6 is 0 Å². The highest BCUT2D eigenvalue weighted by atomic mass is 32.2. The van der Waals surface area contributed by atoms with Crippen molar-refractivity contribution in [2.24, 2.45) is 0 Å². The van der Waals surface area contributed by atoms with E-state index >= 15 is 0 Å². The fraction of sp³-hybridized carbons (Fsp3) is 0.571. The average Bonchev–Trinajstić information content (AvgIpc) is 2.35. The molecule has 108 valence electrons. The van der Waals surface area contributed by atoms with E-state index in [2.05, 4.69) is 10.2 Å². The smallest absolute Gasteiger partial charge is 0.180 e. The first-order valence-electron chi connectivity index (χ1n) is 6.67. The van der Waals surface area contributed by atoms with Crippen LogP contribution in [0.1, 0.15) is 19.8 Å². The Labute approximate surface area is 116 Å². The second-order valence-electron chi connectivity index (χ2n) is 4.90. The Bertz CT molecular complexity index is 484. The minimum Gasteiger partial charge on any atom is -0.384 e. The maximum absolute atomic E-state index is 12.1. The van der Waals surface area contributed by atoms with Gasteiger partial charge in [-0.05, 0) is 45.6 Å². The first-order valence-corrected chi connectivity index (χ1v) is 8.33. The second kappa shape index (κ2) is 7.50. The maximum Gasteiger partial charge on any atom is 0.180 e. The van der Waals surface area contributed by atoms with E-state index in [-0.39, 0.29) is 5.75 Å². The predicted molar refractivity (Wildman–Crippen MR) is 80.4 cm³/mol. The van der Waals surface area contributed by atoms with Gasteiger partial charge in [0.15, 0.2) is 9.84 Å². The van der Waals surface area contributed by atoms with Crippen LogP contribution in [0.15, 0.2) is 29.2 Å². The monoisotopic (exact) mass is 284 g/mol. The van der Waals surface area contributed by atoms with Crippen molar-refractivity contribution in [1.29, 1.82) is 0 Å². The summed E-state index contributed by atoms with van der Waals surface area (Å²) in [6.45, 7) is 3.64. The Morgan fingerprint density at radius 1 is 1.21 bits per heavy atom. The third kappa shape index (κ3) is 5.20. The number of sulfone groups is 1. The third-order valence-corrected chi connectivity index (χ3v) is 4.76. The van der Waals surface area contributed by atoms with E-state index in [1.165, 1.54) is 0 Å². The zero-order valence-electron chi connectivity index (χ0n) is 12.0. The van der Waals surface area contributed by atoms with Gasteiger partial charge >= 0.3 is 0 Å². The molecule has 0 bridgehead atoms. The predicted octanol–water partition coefficient (Wildman–Crippen LogP) is 2.23. The molecule has 0 fully saturated rings. The summed E-state index contributed by atoms with van der Waals surface area (Å²) in [5, 5.41) is 3.23. The van der Waals surface area contributed by atoms with E-state index in [1.54, 1.807) is 12.1 Å². The minimum absolute atomic E-state index is 0.198. The molecule has 0 aliphatic rings. The number of benzene rings is 1. The summed E-state index contributed by atoms with van der Waals surface area (Å²) in [4.78, 5) is 2.53. The number of anilines is 1. The molecular formula is C14H24N2O2S. The topological polar surface area (TPSA) is 49.4 Å². The SMILES string of the molecule is CCCS(=O)(=O)c1ccccc1NCCCN(C)C. The first kappa shape index (κ1) is 16.0. The molecule has 1 N–H and O–H groups in total. The first-order chi connectivity index (χ1) is 8.97. The third-order valence-electron chi connectivity index (χ3n) is 2.79. The Hall–Kier alpha value is -1.07. The van der Waals surface area contributed by atoms with Crippen LogP contribution in [0.5, 0.6) is 0 Å². The van der Waals surface area contributed by atoms with Crippen LogP contribution in [0.3, 0.4) is 0 Å². The molecule has 5 heteroatoms. The lowest BCUT2D eigenvalue weighted by molar-refractivity contribution is 0.405. The molecule has 1 aromatic rings. The molecule has 0 atom stereocenters. The van der Waals surface area contributed by atoms with Crippen LogP contribution in [0.25, 0.3) is 0 Å². The van der Waals surface area contributed by atoms with Gasteiger partial charge in [0, 0.05) is 6.54 Å². The lowest BCUT2D eigenvalue weighted by Crippen LogP contribution is -2.17. The molecule has 1 aromatic carbocycles. The Morgan fingerprint density at radius 2 is 1.89 bits per heavy atom. The summed E-state index contributed by atoms with van der Waals surface area (Å²) in [6.07, 6.45) is 1.62. The van der Waals surface area contributed by atoms with E-state index < -0.39 is 9.84 Å². The molecule has 0 radical (unpaired) electrons. The van der Waals surface area contributed by atoms with E-state index in [9.17, 15) is 8.42 Å². The second-order valence-corrected chi connectivity index (χ2v) is 6.98. The van der Waals surface area contributed by atoms with E-state index in [0.29, 0.717) is 11.3 Å². The van der Waals surface area contributed by atoms with Crippen molar-refractivity contribution in [2.45, 2.75) is 24.7 Å². The number of nitrogens with zero attached hydrogens (tertiary/aromatic N) is 1. The van der Waals surface area contributed by atoms with Gasteiger partial charge in [0.2, 0.25) is 0 Å². The zero-order chi connectivity index (χ0) is 14.3. The molecule has 0 spiro atoms. The molecule has 1 rings (SSSR count). The maximum atomic E-state index is 12.1. The lowest BCUT2D eigenvalue weighted by Gasteiger charge is -2.13. The molecule has 4 nitrogen and oxygen atoms in total. The number of nitrogens with one attached hydrogen (secondary N) is 1. The molecular weight excluding hydrogens is 260 g/mol. The number of hydrogen-bond acceptors (Lipinski definition) is 4. The molecule has 0 unspecified atom stereocenters. The fourth-order valence-corrected chi connectivity index (χ4v) is 3.40. The van der Waals surface area contributed by atoms with E-state index in [4.69, 9.17) is 0 Å². The van der Waals surface area contributed by atoms with Crippen molar-refractivity contribution < 1.29 is 8.42 Å². The summed E-state index contributed by atoms with van der Waals surface area (Å²) in [5.74, 6) is 0.198. The largest absolute Gasteiger partial charge is 0.384 e. The van der Waals surface area contributed by atoms with Crippen LogP contribution in [-0.4, -0.2) is 46.3 Å². The van der Waals surface area contributed by atoms with Crippen molar-refractivity contribution in [1.82, 2.24) is 4.90 Å². The van der Waals surface area contributed by atoms with Gasteiger partial charge < -0.3 is 10.2 Å². The van der Waals surface area contributed by atoms with Gasteiger partial charge in [0.1, 0.15) is 0 Å². The highest BCUT2D eigenvalue weighted by Crippen LogP contribution is 2.22. The Balaban J connectivity index is 2.74. The quantitative estimate of drug-likeness (QED) is 0.744. The van der Waals surface area contributed by atoms with Crippen LogP contribution in [0.2, 0.25) is 0 Å². The van der Waals surface area contributed by atoms with Crippen LogP contribution < -0.4 is 5.32 Å². The van der Waals surface area contributed by atoms with Crippen molar-refractivity contribution in [3.05, 3.63) is 24.3 Å². The van der Waals surface area contributed by atoms with Gasteiger partial charge in [-0.2, -0.15) is 0 Å². The molecule has 0 amide bonds. The van der Waals surface area contributed by atoms with Gasteiger partial charge in [0.05, 0.1) is 16.3 Å². The number of hydrogen-bond donors (Lipinski definition) is 1. The van der Waals surface area contributed by atoms with Crippen LogP contribution in [0, 0.1) is 0 Å². The van der Waals surface area contributed by atoms with Crippen LogP contribution in [0.4, 0.5) is 5.69 Å². The van der Waals surface area contributed by atoms with Gasteiger partial charge in [-0.25, -0.2) is 8.42 Å². The van der Waals surface area contributed by atoms with Crippen molar-refractivity contribution in [3.8, 4) is 0 Å². The molecule has 0 saturated heterocycles. The van der Waals surface area contributed by atoms with E-state index in [0.717, 1.165) is 25.2 Å². The summed E-state index contributed by atoms with van der Waals surface area (Å²) in [6, 6.07) is 7.14. The molecule has 0 saturated carbocycles. The fourth-order valence-electron chi connectivity index (χ4n) is 1.88. The van der Waals surface area contributed by atoms with E-state index in [1.807, 2.05) is 33.2 Å².